The predicted octanol–water partition coefficient (Wildman–Crippen LogP) is 4.61. The van der Waals surface area contributed by atoms with Gasteiger partial charge in [-0.05, 0) is 43.4 Å². The molecule has 1 aromatic carbocycles. The first-order chi connectivity index (χ1) is 14.3. The van der Waals surface area contributed by atoms with E-state index in [1.165, 1.54) is 36.6 Å². The number of hydrogen-bond acceptors (Lipinski definition) is 6. The van der Waals surface area contributed by atoms with Gasteiger partial charge >= 0.3 is 12.1 Å². The van der Waals surface area contributed by atoms with Crippen molar-refractivity contribution < 1.29 is 22.7 Å². The number of benzene rings is 1. The number of methoxy groups -OCH3 is 1. The minimum absolute atomic E-state index is 0.0354. The summed E-state index contributed by atoms with van der Waals surface area (Å²) in [6, 6.07) is 4.90. The third-order valence-corrected chi connectivity index (χ3v) is 7.05. The lowest BCUT2D eigenvalue weighted by atomic mass is 9.97. The summed E-state index contributed by atoms with van der Waals surface area (Å²) in [4.78, 5) is 31.2. The predicted molar refractivity (Wildman–Crippen MR) is 110 cm³/mol. The molecular weight excluding hydrogens is 437 g/mol. The summed E-state index contributed by atoms with van der Waals surface area (Å²) in [6.45, 7) is 0. The lowest BCUT2D eigenvalue weighted by Crippen LogP contribution is -2.25. The van der Waals surface area contributed by atoms with Crippen molar-refractivity contribution >= 4 is 39.3 Å². The Bertz CT molecular complexity index is 1180. The molecule has 0 saturated carbocycles. The molecule has 4 rings (SSSR count). The summed E-state index contributed by atoms with van der Waals surface area (Å²) >= 11 is 2.29. The number of nitrogens with zero attached hydrogens (tertiary/aromatic N) is 2. The number of esters is 1. The molecule has 0 atom stereocenters. The van der Waals surface area contributed by atoms with Gasteiger partial charge in [0.2, 0.25) is 0 Å². The van der Waals surface area contributed by atoms with Crippen molar-refractivity contribution in [2.75, 3.05) is 12.9 Å². The van der Waals surface area contributed by atoms with E-state index in [0.29, 0.717) is 16.6 Å². The number of alkyl halides is 3. The normalized spacial score (nSPS) is 14.0. The first-order valence-electron chi connectivity index (χ1n) is 9.24. The van der Waals surface area contributed by atoms with Crippen molar-refractivity contribution in [3.8, 4) is 5.69 Å². The average Bonchev–Trinajstić information content (AvgIpc) is 3.10. The van der Waals surface area contributed by atoms with E-state index in [0.717, 1.165) is 52.1 Å². The Balaban J connectivity index is 2.00. The number of carbonyl (C=O) groups excluding carboxylic acids is 1. The molecule has 0 radical (unpaired) electrons. The summed E-state index contributed by atoms with van der Waals surface area (Å²) in [5.74, 6) is -0.733. The molecule has 0 aliphatic heterocycles. The highest BCUT2D eigenvalue weighted by Crippen LogP contribution is 2.37. The zero-order chi connectivity index (χ0) is 21.5. The lowest BCUT2D eigenvalue weighted by Gasteiger charge is -2.17. The Kier molecular flexibility index (Phi) is 5.63. The third kappa shape index (κ3) is 3.74. The molecule has 2 aromatic heterocycles. The number of para-hydroxylation sites is 1. The molecule has 1 aliphatic rings. The zero-order valence-corrected chi connectivity index (χ0v) is 17.5. The summed E-state index contributed by atoms with van der Waals surface area (Å²) < 4.78 is 46.6. The van der Waals surface area contributed by atoms with Gasteiger partial charge < -0.3 is 4.74 Å². The molecule has 0 unspecified atom stereocenters. The van der Waals surface area contributed by atoms with Crippen molar-refractivity contribution in [3.63, 3.8) is 0 Å². The van der Waals surface area contributed by atoms with Crippen LogP contribution in [0, 0.1) is 0 Å². The van der Waals surface area contributed by atoms with Crippen LogP contribution < -0.4 is 5.56 Å². The largest absolute Gasteiger partial charge is 0.468 e. The first-order valence-corrected chi connectivity index (χ1v) is 11.0. The van der Waals surface area contributed by atoms with Crippen LogP contribution in [0.25, 0.3) is 15.9 Å². The van der Waals surface area contributed by atoms with Gasteiger partial charge in [-0.1, -0.05) is 23.9 Å². The number of halogens is 3. The first kappa shape index (κ1) is 20.9. The number of aromatic nitrogens is 2. The number of thiophene rings is 1. The number of ether oxygens (including phenoxy) is 1. The second-order valence-electron chi connectivity index (χ2n) is 6.81. The van der Waals surface area contributed by atoms with Crippen LogP contribution in [0.5, 0.6) is 0 Å². The number of thioether (sulfide) groups is 1. The van der Waals surface area contributed by atoms with Crippen molar-refractivity contribution in [1.82, 2.24) is 9.55 Å². The van der Waals surface area contributed by atoms with Gasteiger partial charge in [0.25, 0.3) is 5.56 Å². The molecule has 0 fully saturated rings. The second-order valence-corrected chi connectivity index (χ2v) is 8.83. The molecule has 1 aliphatic carbocycles. The Hall–Kier alpha value is -2.33. The summed E-state index contributed by atoms with van der Waals surface area (Å²) in [5, 5.41) is 0.419. The van der Waals surface area contributed by atoms with Crippen LogP contribution in [-0.4, -0.2) is 28.4 Å². The van der Waals surface area contributed by atoms with E-state index in [4.69, 9.17) is 0 Å². The van der Waals surface area contributed by atoms with Gasteiger partial charge in [0.05, 0.1) is 29.5 Å². The fraction of sp³-hybridized carbons (Fsp3) is 0.350. The van der Waals surface area contributed by atoms with E-state index in [1.54, 1.807) is 0 Å². The molecule has 2 heterocycles. The second kappa shape index (κ2) is 8.07. The van der Waals surface area contributed by atoms with Crippen LogP contribution in [0.4, 0.5) is 13.2 Å². The van der Waals surface area contributed by atoms with Crippen molar-refractivity contribution in [2.24, 2.45) is 0 Å². The number of hydrogen-bond donors (Lipinski definition) is 0. The zero-order valence-electron chi connectivity index (χ0n) is 15.9. The van der Waals surface area contributed by atoms with Crippen molar-refractivity contribution in [3.05, 3.63) is 50.6 Å². The minimum Gasteiger partial charge on any atom is -0.468 e. The van der Waals surface area contributed by atoms with Gasteiger partial charge in [-0.2, -0.15) is 13.2 Å². The van der Waals surface area contributed by atoms with E-state index < -0.39 is 23.3 Å². The van der Waals surface area contributed by atoms with Crippen LogP contribution in [-0.2, 0) is 28.5 Å². The molecule has 0 bridgehead atoms. The lowest BCUT2D eigenvalue weighted by molar-refractivity contribution is -0.138. The number of aryl methyl sites for hydroxylation is 2. The molecule has 0 spiro atoms. The van der Waals surface area contributed by atoms with Crippen LogP contribution >= 0.6 is 23.1 Å². The highest BCUT2D eigenvalue weighted by atomic mass is 32.2. The van der Waals surface area contributed by atoms with Gasteiger partial charge in [-0.25, -0.2) is 4.98 Å². The summed E-state index contributed by atoms with van der Waals surface area (Å²) in [6.07, 6.45) is -1.17. The van der Waals surface area contributed by atoms with Crippen molar-refractivity contribution in [1.29, 1.82) is 0 Å². The molecule has 0 saturated heterocycles. The maximum Gasteiger partial charge on any atom is 0.418 e. The molecule has 30 heavy (non-hydrogen) atoms. The van der Waals surface area contributed by atoms with Crippen LogP contribution in [0.3, 0.4) is 0 Å². The molecule has 158 valence electrons. The van der Waals surface area contributed by atoms with E-state index in [9.17, 15) is 22.8 Å². The third-order valence-electron chi connectivity index (χ3n) is 4.96. The van der Waals surface area contributed by atoms with E-state index >= 15 is 0 Å². The van der Waals surface area contributed by atoms with E-state index in [-0.39, 0.29) is 16.6 Å². The fourth-order valence-electron chi connectivity index (χ4n) is 3.59. The van der Waals surface area contributed by atoms with Gasteiger partial charge in [-0.3, -0.25) is 14.2 Å². The van der Waals surface area contributed by atoms with Crippen molar-refractivity contribution in [2.45, 2.75) is 37.0 Å². The van der Waals surface area contributed by atoms with Gasteiger partial charge in [0.1, 0.15) is 4.83 Å². The van der Waals surface area contributed by atoms with E-state index in [1.807, 2.05) is 0 Å². The Morgan fingerprint density at radius 2 is 2.00 bits per heavy atom. The van der Waals surface area contributed by atoms with Crippen LogP contribution in [0.2, 0.25) is 0 Å². The fourth-order valence-corrected chi connectivity index (χ4v) is 5.73. The summed E-state index contributed by atoms with van der Waals surface area (Å²) in [5.41, 5.74) is -0.880. The Morgan fingerprint density at radius 1 is 1.27 bits per heavy atom. The SMILES string of the molecule is COC(=O)CSc1nc2sc3c(c2c(=O)n1-c1ccccc1C(F)(F)F)CCCC3. The molecule has 3 aromatic rings. The number of carbonyl (C=O) groups is 1. The molecular formula is C20H17F3N2O3S2. The highest BCUT2D eigenvalue weighted by molar-refractivity contribution is 7.99. The monoisotopic (exact) mass is 454 g/mol. The Morgan fingerprint density at radius 3 is 2.73 bits per heavy atom. The average molecular weight is 454 g/mol. The smallest absolute Gasteiger partial charge is 0.418 e. The molecule has 5 nitrogen and oxygen atoms in total. The number of rotatable bonds is 4. The van der Waals surface area contributed by atoms with Crippen LogP contribution in [0.15, 0.2) is 34.2 Å². The quantitative estimate of drug-likeness (QED) is 0.327. The van der Waals surface area contributed by atoms with Crippen LogP contribution in [0.1, 0.15) is 28.8 Å². The molecule has 0 amide bonds. The Labute approximate surface area is 177 Å². The number of fused-ring (bicyclic) bond motifs is 3. The standard InChI is InChI=1S/C20H17F3N2O3S2/c1-28-15(26)10-29-19-24-17-16(11-6-2-5-9-14(11)30-17)18(27)25(19)13-8-4-3-7-12(13)20(21,22)23/h3-4,7-8H,2,5-6,9-10H2,1H3. The minimum atomic E-state index is -4.65. The van der Waals surface area contributed by atoms with Gasteiger partial charge in [-0.15, -0.1) is 11.3 Å². The molecule has 10 heteroatoms. The summed E-state index contributed by atoms with van der Waals surface area (Å²) in [7, 11) is 1.22. The van der Waals surface area contributed by atoms with Gasteiger partial charge in [0.15, 0.2) is 5.16 Å². The van der Waals surface area contributed by atoms with Gasteiger partial charge in [0, 0.05) is 4.88 Å². The van der Waals surface area contributed by atoms with E-state index in [2.05, 4.69) is 9.72 Å². The maximum absolute atomic E-state index is 13.7. The topological polar surface area (TPSA) is 61.2 Å². The maximum atomic E-state index is 13.7. The highest BCUT2D eigenvalue weighted by Gasteiger charge is 2.35. The molecule has 0 N–H and O–H groups in total.